The molecule has 0 heterocycles. The Labute approximate surface area is 125 Å². The zero-order valence-electron chi connectivity index (χ0n) is 11.5. The number of methoxy groups -OCH3 is 1. The molecule has 0 radical (unpaired) electrons. The number of halogens is 2. The van der Waals surface area contributed by atoms with Crippen molar-refractivity contribution >= 4 is 21.7 Å². The second-order valence-corrected chi connectivity index (χ2v) is 5.44. The molecule has 2 aromatic carbocycles. The molecular weight excluding hydrogens is 323 g/mol. The molecule has 2 aromatic rings. The molecule has 0 N–H and O–H groups in total. The third-order valence-electron chi connectivity index (χ3n) is 3.08. The average molecular weight is 337 g/mol. The fraction of sp³-hybridized carbons (Fsp3) is 0.188. The van der Waals surface area contributed by atoms with Gasteiger partial charge < -0.3 is 4.74 Å². The fourth-order valence-corrected chi connectivity index (χ4v) is 2.74. The summed E-state index contributed by atoms with van der Waals surface area (Å²) in [4.78, 5) is 12.6. The van der Waals surface area contributed by atoms with Gasteiger partial charge in [0.25, 0.3) is 0 Å². The normalized spacial score (nSPS) is 10.4. The van der Waals surface area contributed by atoms with Gasteiger partial charge in [-0.05, 0) is 59.1 Å². The van der Waals surface area contributed by atoms with Gasteiger partial charge in [0.1, 0.15) is 11.6 Å². The molecule has 0 aromatic heterocycles. The molecule has 0 spiro atoms. The summed E-state index contributed by atoms with van der Waals surface area (Å²) in [5.74, 6) is -0.474. The number of rotatable bonds is 3. The SMILES string of the molecule is COc1cc(C)cc(C)c1C(=O)c1c(F)cccc1Br. The largest absolute Gasteiger partial charge is 0.496 e. The molecule has 2 rings (SSSR count). The topological polar surface area (TPSA) is 26.3 Å². The van der Waals surface area contributed by atoms with Gasteiger partial charge in [0.2, 0.25) is 5.78 Å². The van der Waals surface area contributed by atoms with Crippen LogP contribution in [0.1, 0.15) is 27.0 Å². The fourth-order valence-electron chi connectivity index (χ4n) is 2.22. The standard InChI is InChI=1S/C16H14BrFO2/c1-9-7-10(2)14(13(8-9)20-3)16(19)15-11(17)5-4-6-12(15)18/h4-8H,1-3H3. The third kappa shape index (κ3) is 2.61. The number of ketones is 1. The Morgan fingerprint density at radius 3 is 2.50 bits per heavy atom. The van der Waals surface area contributed by atoms with Gasteiger partial charge in [-0.2, -0.15) is 0 Å². The van der Waals surface area contributed by atoms with Crippen LogP contribution in [0.2, 0.25) is 0 Å². The smallest absolute Gasteiger partial charge is 0.201 e. The van der Waals surface area contributed by atoms with Gasteiger partial charge in [-0.1, -0.05) is 12.1 Å². The lowest BCUT2D eigenvalue weighted by Crippen LogP contribution is -2.09. The molecule has 0 amide bonds. The minimum Gasteiger partial charge on any atom is -0.496 e. The van der Waals surface area contributed by atoms with Crippen molar-refractivity contribution in [2.24, 2.45) is 0 Å². The van der Waals surface area contributed by atoms with Gasteiger partial charge in [-0.25, -0.2) is 4.39 Å². The first-order chi connectivity index (χ1) is 9.45. The van der Waals surface area contributed by atoms with E-state index in [0.29, 0.717) is 15.8 Å². The van der Waals surface area contributed by atoms with Crippen LogP contribution >= 0.6 is 15.9 Å². The second-order valence-electron chi connectivity index (χ2n) is 4.58. The van der Waals surface area contributed by atoms with Crippen LogP contribution in [0.15, 0.2) is 34.8 Å². The van der Waals surface area contributed by atoms with E-state index in [1.807, 2.05) is 19.9 Å². The van der Waals surface area contributed by atoms with Crippen LogP contribution in [0.25, 0.3) is 0 Å². The minimum absolute atomic E-state index is 0.0257. The first kappa shape index (κ1) is 14.7. The summed E-state index contributed by atoms with van der Waals surface area (Å²) in [6.07, 6.45) is 0. The number of hydrogen-bond acceptors (Lipinski definition) is 2. The van der Waals surface area contributed by atoms with Gasteiger partial charge in [-0.15, -0.1) is 0 Å². The predicted octanol–water partition coefficient (Wildman–Crippen LogP) is 4.44. The Kier molecular flexibility index (Phi) is 4.23. The molecule has 0 unspecified atom stereocenters. The predicted molar refractivity (Wildman–Crippen MR) is 80.0 cm³/mol. The van der Waals surface area contributed by atoms with Crippen molar-refractivity contribution in [3.05, 3.63) is 62.9 Å². The Morgan fingerprint density at radius 2 is 1.90 bits per heavy atom. The Balaban J connectivity index is 2.66. The van der Waals surface area contributed by atoms with Crippen LogP contribution in [0.5, 0.6) is 5.75 Å². The van der Waals surface area contributed by atoms with Gasteiger partial charge in [0.15, 0.2) is 0 Å². The number of aryl methyl sites for hydroxylation is 2. The Bertz CT molecular complexity index is 660. The van der Waals surface area contributed by atoms with Gasteiger partial charge >= 0.3 is 0 Å². The monoisotopic (exact) mass is 336 g/mol. The number of ether oxygens (including phenoxy) is 1. The molecule has 2 nitrogen and oxygen atoms in total. The molecule has 0 saturated heterocycles. The molecule has 0 aliphatic heterocycles. The molecular formula is C16H14BrFO2. The van der Waals surface area contributed by atoms with Crippen molar-refractivity contribution < 1.29 is 13.9 Å². The van der Waals surface area contributed by atoms with E-state index in [-0.39, 0.29) is 11.3 Å². The van der Waals surface area contributed by atoms with Crippen LogP contribution in [-0.4, -0.2) is 12.9 Å². The zero-order valence-corrected chi connectivity index (χ0v) is 13.0. The lowest BCUT2D eigenvalue weighted by molar-refractivity contribution is 0.103. The lowest BCUT2D eigenvalue weighted by atomic mass is 9.96. The van der Waals surface area contributed by atoms with Crippen molar-refractivity contribution in [2.45, 2.75) is 13.8 Å². The van der Waals surface area contributed by atoms with Crippen molar-refractivity contribution in [3.8, 4) is 5.75 Å². The van der Waals surface area contributed by atoms with Crippen LogP contribution in [0, 0.1) is 19.7 Å². The summed E-state index contributed by atoms with van der Waals surface area (Å²) in [5.41, 5.74) is 2.17. The van der Waals surface area contributed by atoms with Crippen LogP contribution in [-0.2, 0) is 0 Å². The maximum Gasteiger partial charge on any atom is 0.201 e. The van der Waals surface area contributed by atoms with E-state index < -0.39 is 5.82 Å². The molecule has 0 atom stereocenters. The van der Waals surface area contributed by atoms with Gasteiger partial charge in [0.05, 0.1) is 18.2 Å². The minimum atomic E-state index is -0.550. The molecule has 104 valence electrons. The summed E-state index contributed by atoms with van der Waals surface area (Å²) in [6.45, 7) is 3.74. The number of hydrogen-bond donors (Lipinski definition) is 0. The van der Waals surface area contributed by atoms with Crippen molar-refractivity contribution in [3.63, 3.8) is 0 Å². The van der Waals surface area contributed by atoms with E-state index in [1.165, 1.54) is 13.2 Å². The first-order valence-electron chi connectivity index (χ1n) is 6.09. The number of carbonyl (C=O) groups is 1. The maximum absolute atomic E-state index is 13.9. The highest BCUT2D eigenvalue weighted by Crippen LogP contribution is 2.30. The van der Waals surface area contributed by atoms with E-state index in [1.54, 1.807) is 18.2 Å². The van der Waals surface area contributed by atoms with E-state index in [9.17, 15) is 9.18 Å². The average Bonchev–Trinajstić information content (AvgIpc) is 2.37. The number of carbonyl (C=O) groups excluding carboxylic acids is 1. The highest BCUT2D eigenvalue weighted by Gasteiger charge is 2.22. The summed E-state index contributed by atoms with van der Waals surface area (Å²) in [7, 11) is 1.50. The van der Waals surface area contributed by atoms with Crippen molar-refractivity contribution in [2.75, 3.05) is 7.11 Å². The van der Waals surface area contributed by atoms with E-state index >= 15 is 0 Å². The van der Waals surface area contributed by atoms with Crippen LogP contribution in [0.3, 0.4) is 0 Å². The highest BCUT2D eigenvalue weighted by atomic mass is 79.9. The molecule has 0 saturated carbocycles. The Morgan fingerprint density at radius 1 is 1.20 bits per heavy atom. The van der Waals surface area contributed by atoms with Crippen LogP contribution in [0.4, 0.5) is 4.39 Å². The summed E-state index contributed by atoms with van der Waals surface area (Å²) < 4.78 is 19.6. The van der Waals surface area contributed by atoms with Gasteiger partial charge in [-0.3, -0.25) is 4.79 Å². The van der Waals surface area contributed by atoms with E-state index in [0.717, 1.165) is 11.1 Å². The van der Waals surface area contributed by atoms with Crippen molar-refractivity contribution in [1.82, 2.24) is 0 Å². The lowest BCUT2D eigenvalue weighted by Gasteiger charge is -2.13. The quantitative estimate of drug-likeness (QED) is 0.774. The molecule has 4 heteroatoms. The summed E-state index contributed by atoms with van der Waals surface area (Å²) in [6, 6.07) is 8.12. The maximum atomic E-state index is 13.9. The van der Waals surface area contributed by atoms with E-state index in [4.69, 9.17) is 4.74 Å². The van der Waals surface area contributed by atoms with E-state index in [2.05, 4.69) is 15.9 Å². The summed E-state index contributed by atoms with van der Waals surface area (Å²) in [5, 5.41) is 0. The number of benzene rings is 2. The molecule has 0 aliphatic carbocycles. The molecule has 0 fully saturated rings. The molecule has 20 heavy (non-hydrogen) atoms. The first-order valence-corrected chi connectivity index (χ1v) is 6.89. The molecule has 0 aliphatic rings. The summed E-state index contributed by atoms with van der Waals surface area (Å²) >= 11 is 3.23. The zero-order chi connectivity index (χ0) is 14.9. The third-order valence-corrected chi connectivity index (χ3v) is 3.74. The second kappa shape index (κ2) is 5.75. The highest BCUT2D eigenvalue weighted by molar-refractivity contribution is 9.10. The molecule has 0 bridgehead atoms. The van der Waals surface area contributed by atoms with Crippen LogP contribution < -0.4 is 4.74 Å². The Hall–Kier alpha value is -1.68. The van der Waals surface area contributed by atoms with Crippen molar-refractivity contribution in [1.29, 1.82) is 0 Å². The van der Waals surface area contributed by atoms with Gasteiger partial charge in [0, 0.05) is 4.47 Å².